The standard InChI is InChI=1S/C8H15NO/c9-6-8-3-1-2-7(8)10-5-4-8/h7H,1-6,9H2. The summed E-state index contributed by atoms with van der Waals surface area (Å²) in [5, 5.41) is 0. The molecule has 2 nitrogen and oxygen atoms in total. The van der Waals surface area contributed by atoms with Crippen LogP contribution in [0.25, 0.3) is 0 Å². The van der Waals surface area contributed by atoms with E-state index in [9.17, 15) is 0 Å². The molecule has 2 rings (SSSR count). The Labute approximate surface area is 61.7 Å². The zero-order valence-electron chi connectivity index (χ0n) is 6.31. The molecule has 0 spiro atoms. The fraction of sp³-hybridized carbons (Fsp3) is 1.00. The molecule has 1 aliphatic carbocycles. The molecule has 1 aliphatic heterocycles. The third-order valence-electron chi connectivity index (χ3n) is 3.15. The quantitative estimate of drug-likeness (QED) is 0.589. The van der Waals surface area contributed by atoms with Gasteiger partial charge in [0.15, 0.2) is 0 Å². The molecule has 1 heterocycles. The molecule has 2 fully saturated rings. The van der Waals surface area contributed by atoms with Crippen molar-refractivity contribution in [2.45, 2.75) is 31.8 Å². The van der Waals surface area contributed by atoms with E-state index in [-0.39, 0.29) is 0 Å². The fourth-order valence-corrected chi connectivity index (χ4v) is 2.39. The van der Waals surface area contributed by atoms with Crippen LogP contribution >= 0.6 is 0 Å². The first kappa shape index (κ1) is 6.62. The van der Waals surface area contributed by atoms with Crippen LogP contribution in [0.4, 0.5) is 0 Å². The normalized spacial score (nSPS) is 45.9. The van der Waals surface area contributed by atoms with Crippen LogP contribution in [0.2, 0.25) is 0 Å². The Bertz CT molecular complexity index is 125. The van der Waals surface area contributed by atoms with Gasteiger partial charge in [-0.1, -0.05) is 6.42 Å². The van der Waals surface area contributed by atoms with Gasteiger partial charge in [0.2, 0.25) is 0 Å². The van der Waals surface area contributed by atoms with Crippen LogP contribution in [0.3, 0.4) is 0 Å². The number of ether oxygens (including phenoxy) is 1. The molecule has 0 aromatic carbocycles. The zero-order chi connectivity index (χ0) is 7.03. The molecular weight excluding hydrogens is 126 g/mol. The Hall–Kier alpha value is -0.0800. The molecule has 2 aliphatic rings. The minimum Gasteiger partial charge on any atom is -0.378 e. The minimum absolute atomic E-state index is 0.403. The van der Waals surface area contributed by atoms with Crippen LogP contribution in [0, 0.1) is 5.41 Å². The highest BCUT2D eigenvalue weighted by Gasteiger charge is 2.46. The van der Waals surface area contributed by atoms with E-state index in [0.29, 0.717) is 11.5 Å². The third kappa shape index (κ3) is 0.722. The maximum Gasteiger partial charge on any atom is 0.0644 e. The summed E-state index contributed by atoms with van der Waals surface area (Å²) < 4.78 is 5.59. The number of hydrogen-bond donors (Lipinski definition) is 1. The van der Waals surface area contributed by atoms with Crippen molar-refractivity contribution in [3.8, 4) is 0 Å². The molecule has 1 saturated heterocycles. The van der Waals surface area contributed by atoms with Crippen molar-refractivity contribution in [3.63, 3.8) is 0 Å². The van der Waals surface area contributed by atoms with Crippen molar-refractivity contribution >= 4 is 0 Å². The molecule has 10 heavy (non-hydrogen) atoms. The Morgan fingerprint density at radius 3 is 3.10 bits per heavy atom. The predicted octanol–water partition coefficient (Wildman–Crippen LogP) is 0.904. The fourth-order valence-electron chi connectivity index (χ4n) is 2.39. The molecule has 0 radical (unpaired) electrons. The average molecular weight is 141 g/mol. The highest BCUT2D eigenvalue weighted by atomic mass is 16.5. The second-order valence-electron chi connectivity index (χ2n) is 3.57. The van der Waals surface area contributed by atoms with Crippen molar-refractivity contribution in [1.82, 2.24) is 0 Å². The van der Waals surface area contributed by atoms with E-state index in [0.717, 1.165) is 13.2 Å². The van der Waals surface area contributed by atoms with E-state index >= 15 is 0 Å². The maximum absolute atomic E-state index is 5.73. The number of rotatable bonds is 1. The van der Waals surface area contributed by atoms with Gasteiger partial charge in [0.05, 0.1) is 6.10 Å². The van der Waals surface area contributed by atoms with E-state index in [1.54, 1.807) is 0 Å². The molecule has 0 bridgehead atoms. The van der Waals surface area contributed by atoms with Gasteiger partial charge in [-0.2, -0.15) is 0 Å². The Balaban J connectivity index is 2.15. The lowest BCUT2D eigenvalue weighted by molar-refractivity contribution is 0.0735. The number of nitrogens with two attached hydrogens (primary N) is 1. The lowest BCUT2D eigenvalue weighted by Gasteiger charge is -2.24. The molecule has 2 unspecified atom stereocenters. The summed E-state index contributed by atoms with van der Waals surface area (Å²) in [5.74, 6) is 0. The summed E-state index contributed by atoms with van der Waals surface area (Å²) in [6.45, 7) is 1.78. The minimum atomic E-state index is 0.403. The van der Waals surface area contributed by atoms with E-state index in [2.05, 4.69) is 0 Å². The summed E-state index contributed by atoms with van der Waals surface area (Å²) in [7, 11) is 0. The van der Waals surface area contributed by atoms with Crippen molar-refractivity contribution in [3.05, 3.63) is 0 Å². The molecule has 2 heteroatoms. The molecule has 58 valence electrons. The van der Waals surface area contributed by atoms with Crippen LogP contribution in [0.5, 0.6) is 0 Å². The van der Waals surface area contributed by atoms with Crippen LogP contribution < -0.4 is 5.73 Å². The van der Waals surface area contributed by atoms with Gasteiger partial charge in [-0.25, -0.2) is 0 Å². The van der Waals surface area contributed by atoms with Gasteiger partial charge in [0.1, 0.15) is 0 Å². The third-order valence-corrected chi connectivity index (χ3v) is 3.15. The molecule has 0 aromatic heterocycles. The summed E-state index contributed by atoms with van der Waals surface area (Å²) in [6, 6.07) is 0. The Morgan fingerprint density at radius 2 is 2.40 bits per heavy atom. The van der Waals surface area contributed by atoms with E-state index in [1.165, 1.54) is 25.7 Å². The van der Waals surface area contributed by atoms with Gasteiger partial charge in [-0.3, -0.25) is 0 Å². The number of fused-ring (bicyclic) bond motifs is 1. The van der Waals surface area contributed by atoms with Crippen molar-refractivity contribution in [1.29, 1.82) is 0 Å². The number of hydrogen-bond acceptors (Lipinski definition) is 2. The molecule has 2 N–H and O–H groups in total. The van der Waals surface area contributed by atoms with Gasteiger partial charge in [-0.15, -0.1) is 0 Å². The topological polar surface area (TPSA) is 35.2 Å². The molecule has 0 aromatic rings. The van der Waals surface area contributed by atoms with Gasteiger partial charge in [0, 0.05) is 18.6 Å². The van der Waals surface area contributed by atoms with Gasteiger partial charge < -0.3 is 10.5 Å². The summed E-state index contributed by atoms with van der Waals surface area (Å²) in [6.07, 6.45) is 5.58. The van der Waals surface area contributed by atoms with Crippen molar-refractivity contribution in [2.75, 3.05) is 13.2 Å². The van der Waals surface area contributed by atoms with Gasteiger partial charge in [-0.05, 0) is 19.3 Å². The molecule has 0 amide bonds. The van der Waals surface area contributed by atoms with E-state index < -0.39 is 0 Å². The van der Waals surface area contributed by atoms with Crippen molar-refractivity contribution in [2.24, 2.45) is 11.1 Å². The lowest BCUT2D eigenvalue weighted by Crippen LogP contribution is -2.33. The van der Waals surface area contributed by atoms with Crippen molar-refractivity contribution < 1.29 is 4.74 Å². The average Bonchev–Trinajstić information content (AvgIpc) is 2.42. The van der Waals surface area contributed by atoms with Gasteiger partial charge >= 0.3 is 0 Å². The van der Waals surface area contributed by atoms with E-state index in [1.807, 2.05) is 0 Å². The highest BCUT2D eigenvalue weighted by molar-refractivity contribution is 4.97. The predicted molar refractivity (Wildman–Crippen MR) is 39.7 cm³/mol. The molecule has 1 saturated carbocycles. The first-order chi connectivity index (χ1) is 4.87. The highest BCUT2D eigenvalue weighted by Crippen LogP contribution is 2.46. The summed E-state index contributed by atoms with van der Waals surface area (Å²) >= 11 is 0. The van der Waals surface area contributed by atoms with Crippen LogP contribution in [0.1, 0.15) is 25.7 Å². The first-order valence-electron chi connectivity index (χ1n) is 4.19. The maximum atomic E-state index is 5.73. The largest absolute Gasteiger partial charge is 0.378 e. The Kier molecular flexibility index (Phi) is 1.46. The van der Waals surface area contributed by atoms with E-state index in [4.69, 9.17) is 10.5 Å². The zero-order valence-corrected chi connectivity index (χ0v) is 6.31. The van der Waals surface area contributed by atoms with Gasteiger partial charge in [0.25, 0.3) is 0 Å². The summed E-state index contributed by atoms with van der Waals surface area (Å²) in [4.78, 5) is 0. The molecular formula is C8H15NO. The second-order valence-corrected chi connectivity index (χ2v) is 3.57. The monoisotopic (exact) mass is 141 g/mol. The first-order valence-corrected chi connectivity index (χ1v) is 4.19. The Morgan fingerprint density at radius 1 is 1.50 bits per heavy atom. The van der Waals surface area contributed by atoms with Crippen LogP contribution in [-0.2, 0) is 4.74 Å². The smallest absolute Gasteiger partial charge is 0.0644 e. The van der Waals surface area contributed by atoms with Crippen LogP contribution in [-0.4, -0.2) is 19.3 Å². The SMILES string of the molecule is NCC12CCCC1OCC2. The molecule has 2 atom stereocenters. The van der Waals surface area contributed by atoms with Crippen LogP contribution in [0.15, 0.2) is 0 Å². The summed E-state index contributed by atoms with van der Waals surface area (Å²) in [5.41, 5.74) is 6.13. The lowest BCUT2D eigenvalue weighted by atomic mass is 9.83. The second kappa shape index (κ2) is 2.21.